The van der Waals surface area contributed by atoms with E-state index in [9.17, 15) is 45.0 Å². The highest BCUT2D eigenvalue weighted by Crippen LogP contribution is 2.38. The van der Waals surface area contributed by atoms with E-state index < -0.39 is 36.0 Å². The van der Waals surface area contributed by atoms with Gasteiger partial charge >= 0.3 is 17.9 Å². The predicted octanol–water partition coefficient (Wildman–Crippen LogP) is -1.47. The number of benzene rings is 3. The fourth-order valence-electron chi connectivity index (χ4n) is 3.97. The summed E-state index contributed by atoms with van der Waals surface area (Å²) in [5.41, 5.74) is 17.2. The highest BCUT2D eigenvalue weighted by Gasteiger charge is 2.18. The number of aliphatic carboxylic acids is 3. The van der Waals surface area contributed by atoms with Gasteiger partial charge in [0.15, 0.2) is 34.5 Å². The lowest BCUT2D eigenvalue weighted by molar-refractivity contribution is -0.139. The number of ether oxygens (including phenoxy) is 3. The maximum Gasteiger partial charge on any atom is 0.320 e. The third-order valence-corrected chi connectivity index (χ3v) is 6.26. The number of nitrogens with two attached hydrogens (primary N) is 3. The van der Waals surface area contributed by atoms with Gasteiger partial charge in [-0.1, -0.05) is 0 Å². The molecule has 20 heteroatoms. The Morgan fingerprint density at radius 3 is 0.760 bits per heavy atom. The summed E-state index contributed by atoms with van der Waals surface area (Å²) in [4.78, 5) is 31.6. The van der Waals surface area contributed by atoms with Gasteiger partial charge in [-0.15, -0.1) is 0 Å². The lowest BCUT2D eigenvalue weighted by Crippen LogP contribution is -2.32. The van der Waals surface area contributed by atoms with E-state index in [0.717, 1.165) is 0 Å². The molecule has 0 saturated heterocycles. The van der Waals surface area contributed by atoms with Crippen molar-refractivity contribution in [3.63, 3.8) is 0 Å². The molecule has 0 bridgehead atoms. The highest BCUT2D eigenvalue weighted by molar-refractivity contribution is 5.74. The molecule has 3 unspecified atom stereocenters. The Bertz CT molecular complexity index is 1330. The van der Waals surface area contributed by atoms with Crippen LogP contribution in [0.4, 0.5) is 0 Å². The van der Waals surface area contributed by atoms with Crippen molar-refractivity contribution in [3.05, 3.63) is 53.1 Å². The molecule has 0 radical (unpaired) electrons. The first kappa shape index (κ1) is 46.2. The fraction of sp³-hybridized carbons (Fsp3) is 0.300. The van der Waals surface area contributed by atoms with E-state index in [4.69, 9.17) is 46.7 Å². The summed E-state index contributed by atoms with van der Waals surface area (Å²) in [5, 5.41) is 82.5. The zero-order valence-corrected chi connectivity index (χ0v) is 27.0. The number of carboxylic acid groups (broad SMARTS) is 3. The van der Waals surface area contributed by atoms with Gasteiger partial charge in [-0.05, 0) is 72.4 Å². The summed E-state index contributed by atoms with van der Waals surface area (Å²) in [6, 6.07) is 4.61. The molecule has 19 N–H and O–H groups in total. The van der Waals surface area contributed by atoms with Crippen molar-refractivity contribution in [3.8, 4) is 51.7 Å². The maximum absolute atomic E-state index is 10.5. The first-order valence-electron chi connectivity index (χ1n) is 13.6. The Hall–Kier alpha value is -5.93. The van der Waals surface area contributed by atoms with Crippen LogP contribution in [0.1, 0.15) is 16.7 Å². The summed E-state index contributed by atoms with van der Waals surface area (Å²) >= 11 is 0. The Morgan fingerprint density at radius 1 is 0.480 bits per heavy atom. The van der Waals surface area contributed by atoms with Gasteiger partial charge in [-0.3, -0.25) is 14.4 Å². The summed E-state index contributed by atoms with van der Waals surface area (Å²) in [7, 11) is 3.91. The van der Waals surface area contributed by atoms with Gasteiger partial charge in [-0.2, -0.15) is 0 Å². The third kappa shape index (κ3) is 13.7. The topological polar surface area (TPSA) is 402 Å². The Kier molecular flexibility index (Phi) is 19.5. The van der Waals surface area contributed by atoms with Crippen LogP contribution >= 0.6 is 0 Å². The second kappa shape index (κ2) is 21.1. The standard InChI is InChI=1S/3C10H13NO5.2H2O/c3*1-16-9-7(12)3-5(4-8(9)13)2-6(11)10(14)15;;/h3*3-4,6,12-13H,2,11H2,1H3,(H,14,15);2*1H2. The Balaban J connectivity index is 0. The van der Waals surface area contributed by atoms with E-state index in [-0.39, 0.29) is 82.0 Å². The average molecular weight is 718 g/mol. The van der Waals surface area contributed by atoms with Crippen molar-refractivity contribution in [1.29, 1.82) is 0 Å². The first-order chi connectivity index (χ1) is 22.4. The number of aromatic hydroxyl groups is 6. The van der Waals surface area contributed by atoms with Crippen LogP contribution in [0.3, 0.4) is 0 Å². The monoisotopic (exact) mass is 717 g/mol. The molecule has 20 nitrogen and oxygen atoms in total. The summed E-state index contributed by atoms with van der Waals surface area (Å²) in [5.74, 6) is -5.10. The maximum atomic E-state index is 10.5. The van der Waals surface area contributed by atoms with Gasteiger partial charge in [0.2, 0.25) is 17.2 Å². The van der Waals surface area contributed by atoms with Crippen molar-refractivity contribution in [2.45, 2.75) is 37.4 Å². The molecule has 3 aromatic rings. The summed E-state index contributed by atoms with van der Waals surface area (Å²) in [6.45, 7) is 0. The zero-order chi connectivity index (χ0) is 36.9. The summed E-state index contributed by atoms with van der Waals surface area (Å²) in [6.07, 6.45) is 0.0430. The molecule has 0 aromatic heterocycles. The molecular weight excluding hydrogens is 674 g/mol. The molecule has 0 aliphatic heterocycles. The second-order valence-corrected chi connectivity index (χ2v) is 9.95. The van der Waals surface area contributed by atoms with Gasteiger partial charge < -0.3 is 88.3 Å². The second-order valence-electron chi connectivity index (χ2n) is 9.95. The van der Waals surface area contributed by atoms with E-state index in [1.54, 1.807) is 0 Å². The first-order valence-corrected chi connectivity index (χ1v) is 13.6. The number of rotatable bonds is 12. The van der Waals surface area contributed by atoms with Crippen molar-refractivity contribution < 1.29 is 85.5 Å². The molecule has 0 spiro atoms. The van der Waals surface area contributed by atoms with Gasteiger partial charge in [0.25, 0.3) is 0 Å². The normalized spacial score (nSPS) is 11.6. The molecular formula is C30H43N3O17. The molecule has 280 valence electrons. The van der Waals surface area contributed by atoms with Gasteiger partial charge in [0.1, 0.15) is 18.1 Å². The Morgan fingerprint density at radius 2 is 0.640 bits per heavy atom. The lowest BCUT2D eigenvalue weighted by Gasteiger charge is -2.10. The number of carboxylic acids is 3. The molecule has 50 heavy (non-hydrogen) atoms. The van der Waals surface area contributed by atoms with E-state index >= 15 is 0 Å². The molecule has 0 heterocycles. The van der Waals surface area contributed by atoms with Crippen LogP contribution in [0.5, 0.6) is 51.7 Å². The molecule has 3 rings (SSSR count). The average Bonchev–Trinajstić information content (AvgIpc) is 2.97. The number of carbonyl (C=O) groups is 3. The zero-order valence-electron chi connectivity index (χ0n) is 27.0. The van der Waals surface area contributed by atoms with E-state index in [2.05, 4.69) is 0 Å². The minimum Gasteiger partial charge on any atom is -0.504 e. The Labute approximate surface area is 284 Å². The van der Waals surface area contributed by atoms with Crippen molar-refractivity contribution >= 4 is 17.9 Å². The van der Waals surface area contributed by atoms with Crippen LogP contribution in [-0.4, -0.2) is 114 Å². The molecule has 3 aromatic carbocycles. The van der Waals surface area contributed by atoms with Crippen molar-refractivity contribution in [1.82, 2.24) is 0 Å². The molecule has 0 fully saturated rings. The lowest BCUT2D eigenvalue weighted by atomic mass is 10.1. The number of methoxy groups -OCH3 is 3. The number of hydrogen-bond acceptors (Lipinski definition) is 15. The minimum absolute atomic E-state index is 0. The summed E-state index contributed by atoms with van der Waals surface area (Å²) < 4.78 is 14.2. The quantitative estimate of drug-likeness (QED) is 0.102. The van der Waals surface area contributed by atoms with Gasteiger partial charge in [0, 0.05) is 0 Å². The molecule has 0 aliphatic rings. The molecule has 3 atom stereocenters. The minimum atomic E-state index is -1.14. The van der Waals surface area contributed by atoms with E-state index in [0.29, 0.717) is 16.7 Å². The molecule has 0 amide bonds. The van der Waals surface area contributed by atoms with Crippen molar-refractivity contribution in [2.24, 2.45) is 17.2 Å². The van der Waals surface area contributed by atoms with Crippen LogP contribution in [0.25, 0.3) is 0 Å². The predicted molar refractivity (Wildman–Crippen MR) is 174 cm³/mol. The smallest absolute Gasteiger partial charge is 0.320 e. The number of phenols is 6. The molecule has 0 aliphatic carbocycles. The van der Waals surface area contributed by atoms with Gasteiger partial charge in [-0.25, -0.2) is 0 Å². The van der Waals surface area contributed by atoms with E-state index in [1.165, 1.54) is 57.7 Å². The van der Waals surface area contributed by atoms with Crippen LogP contribution in [-0.2, 0) is 33.6 Å². The van der Waals surface area contributed by atoms with E-state index in [1.807, 2.05) is 0 Å². The van der Waals surface area contributed by atoms with Crippen molar-refractivity contribution in [2.75, 3.05) is 21.3 Å². The third-order valence-electron chi connectivity index (χ3n) is 6.26. The van der Waals surface area contributed by atoms with Crippen LogP contribution in [0.2, 0.25) is 0 Å². The van der Waals surface area contributed by atoms with Crippen LogP contribution < -0.4 is 31.4 Å². The van der Waals surface area contributed by atoms with Crippen LogP contribution in [0.15, 0.2) is 36.4 Å². The fourth-order valence-corrected chi connectivity index (χ4v) is 3.97. The van der Waals surface area contributed by atoms with Crippen LogP contribution in [0, 0.1) is 0 Å². The largest absolute Gasteiger partial charge is 0.504 e. The molecule has 0 saturated carbocycles. The SMILES string of the molecule is COc1c(O)cc(CC(N)C(=O)O)cc1O.COc1c(O)cc(CC(N)C(=O)O)cc1O.COc1c(O)cc(CC(N)C(=O)O)cc1O.O.O. The van der Waals surface area contributed by atoms with Gasteiger partial charge in [0.05, 0.1) is 21.3 Å². The number of phenolic OH excluding ortho intramolecular Hbond substituents is 6. The highest BCUT2D eigenvalue weighted by atomic mass is 16.5. The number of hydrogen-bond donors (Lipinski definition) is 12.